The van der Waals surface area contributed by atoms with Crippen molar-refractivity contribution in [2.75, 3.05) is 19.6 Å². The van der Waals surface area contributed by atoms with Gasteiger partial charge in [0.05, 0.1) is 0 Å². The minimum absolute atomic E-state index is 0.938. The van der Waals surface area contributed by atoms with Crippen LogP contribution in [0.2, 0.25) is 0 Å². The second kappa shape index (κ2) is 3.82. The van der Waals surface area contributed by atoms with Crippen molar-refractivity contribution in [3.8, 4) is 0 Å². The summed E-state index contributed by atoms with van der Waals surface area (Å²) in [6, 6.07) is 0.938. The SMILES string of the molecule is C1CCN(N2CCCC2C2CC2)CC1. The van der Waals surface area contributed by atoms with Crippen LogP contribution in [-0.4, -0.2) is 35.7 Å². The molecule has 1 atom stereocenters. The van der Waals surface area contributed by atoms with Crippen LogP contribution in [0.15, 0.2) is 0 Å². The average molecular weight is 194 g/mol. The van der Waals surface area contributed by atoms with E-state index in [-0.39, 0.29) is 0 Å². The molecule has 0 aromatic heterocycles. The summed E-state index contributed by atoms with van der Waals surface area (Å²) in [6.07, 6.45) is 10.2. The Bertz CT molecular complexity index is 194. The van der Waals surface area contributed by atoms with Gasteiger partial charge in [0.2, 0.25) is 0 Å². The van der Waals surface area contributed by atoms with Crippen molar-refractivity contribution in [2.24, 2.45) is 5.92 Å². The van der Waals surface area contributed by atoms with Crippen LogP contribution in [0.1, 0.15) is 44.9 Å². The third-order valence-corrected chi connectivity index (χ3v) is 4.13. The summed E-state index contributed by atoms with van der Waals surface area (Å²) in [6.45, 7) is 4.02. The molecular weight excluding hydrogens is 172 g/mol. The predicted octanol–water partition coefficient (Wildman–Crippen LogP) is 2.26. The lowest BCUT2D eigenvalue weighted by Crippen LogP contribution is -2.48. The molecular formula is C12H22N2. The van der Waals surface area contributed by atoms with Gasteiger partial charge in [-0.1, -0.05) is 6.42 Å². The van der Waals surface area contributed by atoms with Gasteiger partial charge in [-0.25, -0.2) is 10.0 Å². The van der Waals surface area contributed by atoms with E-state index in [0.717, 1.165) is 12.0 Å². The van der Waals surface area contributed by atoms with Crippen LogP contribution in [0.5, 0.6) is 0 Å². The number of hydrogen-bond donors (Lipinski definition) is 0. The zero-order valence-electron chi connectivity index (χ0n) is 9.12. The lowest BCUT2D eigenvalue weighted by Gasteiger charge is -2.38. The van der Waals surface area contributed by atoms with Crippen molar-refractivity contribution in [1.29, 1.82) is 0 Å². The summed E-state index contributed by atoms with van der Waals surface area (Å²) in [4.78, 5) is 0. The maximum Gasteiger partial charge on any atom is 0.0274 e. The Kier molecular flexibility index (Phi) is 2.50. The van der Waals surface area contributed by atoms with Crippen molar-refractivity contribution in [3.63, 3.8) is 0 Å². The molecule has 0 spiro atoms. The summed E-state index contributed by atoms with van der Waals surface area (Å²) in [7, 11) is 0. The number of hydrogen-bond acceptors (Lipinski definition) is 2. The fraction of sp³-hybridized carbons (Fsp3) is 1.00. The van der Waals surface area contributed by atoms with Gasteiger partial charge in [-0.15, -0.1) is 0 Å². The standard InChI is InChI=1S/C12H22N2/c1-2-8-13(9-3-1)14-10-4-5-12(14)11-6-7-11/h11-12H,1-10H2. The molecule has 0 N–H and O–H groups in total. The van der Waals surface area contributed by atoms with E-state index in [0.29, 0.717) is 0 Å². The molecule has 2 nitrogen and oxygen atoms in total. The van der Waals surface area contributed by atoms with E-state index >= 15 is 0 Å². The molecule has 3 aliphatic rings. The van der Waals surface area contributed by atoms with E-state index < -0.39 is 0 Å². The topological polar surface area (TPSA) is 6.48 Å². The molecule has 0 amide bonds. The van der Waals surface area contributed by atoms with Gasteiger partial charge in [0.1, 0.15) is 0 Å². The molecule has 0 aromatic carbocycles. The van der Waals surface area contributed by atoms with Gasteiger partial charge >= 0.3 is 0 Å². The lowest BCUT2D eigenvalue weighted by molar-refractivity contribution is -0.0553. The van der Waals surface area contributed by atoms with Crippen molar-refractivity contribution in [3.05, 3.63) is 0 Å². The highest BCUT2D eigenvalue weighted by Crippen LogP contribution is 2.40. The van der Waals surface area contributed by atoms with Crippen LogP contribution >= 0.6 is 0 Å². The van der Waals surface area contributed by atoms with E-state index in [4.69, 9.17) is 0 Å². The first-order chi connectivity index (χ1) is 6.95. The van der Waals surface area contributed by atoms with E-state index in [1.54, 1.807) is 0 Å². The van der Waals surface area contributed by atoms with Gasteiger partial charge in [-0.3, -0.25) is 0 Å². The fourth-order valence-corrected chi connectivity index (χ4v) is 3.22. The Morgan fingerprint density at radius 2 is 1.50 bits per heavy atom. The fourth-order valence-electron chi connectivity index (χ4n) is 3.22. The molecule has 3 rings (SSSR count). The summed E-state index contributed by atoms with van der Waals surface area (Å²) in [5.74, 6) is 1.07. The number of nitrogens with zero attached hydrogens (tertiary/aromatic N) is 2. The van der Waals surface area contributed by atoms with E-state index in [1.807, 2.05) is 0 Å². The minimum Gasteiger partial charge on any atom is -0.242 e. The average Bonchev–Trinajstić information content (AvgIpc) is 2.98. The highest BCUT2D eigenvalue weighted by atomic mass is 15.6. The Hall–Kier alpha value is -0.0800. The third kappa shape index (κ3) is 1.70. The number of rotatable bonds is 2. The van der Waals surface area contributed by atoms with Crippen molar-refractivity contribution in [2.45, 2.75) is 51.0 Å². The van der Waals surface area contributed by atoms with E-state index in [1.165, 1.54) is 64.6 Å². The predicted molar refractivity (Wildman–Crippen MR) is 57.9 cm³/mol. The molecule has 0 bridgehead atoms. The van der Waals surface area contributed by atoms with Crippen LogP contribution < -0.4 is 0 Å². The molecule has 14 heavy (non-hydrogen) atoms. The van der Waals surface area contributed by atoms with E-state index in [9.17, 15) is 0 Å². The minimum atomic E-state index is 0.938. The Balaban J connectivity index is 1.63. The van der Waals surface area contributed by atoms with Gasteiger partial charge < -0.3 is 0 Å². The first-order valence-corrected chi connectivity index (χ1v) is 6.46. The highest BCUT2D eigenvalue weighted by Gasteiger charge is 2.40. The van der Waals surface area contributed by atoms with Crippen LogP contribution in [0, 0.1) is 5.92 Å². The van der Waals surface area contributed by atoms with Crippen molar-refractivity contribution in [1.82, 2.24) is 10.0 Å². The third-order valence-electron chi connectivity index (χ3n) is 4.13. The highest BCUT2D eigenvalue weighted by molar-refractivity contribution is 4.91. The maximum absolute atomic E-state index is 2.73. The van der Waals surface area contributed by atoms with E-state index in [2.05, 4.69) is 10.0 Å². The molecule has 2 heteroatoms. The van der Waals surface area contributed by atoms with Crippen LogP contribution in [0.25, 0.3) is 0 Å². The molecule has 1 unspecified atom stereocenters. The summed E-state index contributed by atoms with van der Waals surface area (Å²) >= 11 is 0. The van der Waals surface area contributed by atoms with Crippen LogP contribution in [0.4, 0.5) is 0 Å². The quantitative estimate of drug-likeness (QED) is 0.665. The Labute approximate surface area is 87.2 Å². The summed E-state index contributed by atoms with van der Waals surface area (Å²) in [5, 5.41) is 5.40. The van der Waals surface area contributed by atoms with Gasteiger partial charge in [-0.05, 0) is 44.4 Å². The largest absolute Gasteiger partial charge is 0.242 e. The summed E-state index contributed by atoms with van der Waals surface area (Å²) in [5.41, 5.74) is 0. The molecule has 2 heterocycles. The monoisotopic (exact) mass is 194 g/mol. The zero-order chi connectivity index (χ0) is 9.38. The molecule has 0 aromatic rings. The Morgan fingerprint density at radius 1 is 0.714 bits per heavy atom. The maximum atomic E-state index is 2.73. The molecule has 3 fully saturated rings. The zero-order valence-corrected chi connectivity index (χ0v) is 9.12. The van der Waals surface area contributed by atoms with Gasteiger partial charge in [0.25, 0.3) is 0 Å². The van der Waals surface area contributed by atoms with Gasteiger partial charge in [0.15, 0.2) is 0 Å². The lowest BCUT2D eigenvalue weighted by atomic mass is 10.1. The molecule has 2 aliphatic heterocycles. The van der Waals surface area contributed by atoms with Crippen LogP contribution in [-0.2, 0) is 0 Å². The van der Waals surface area contributed by atoms with Crippen molar-refractivity contribution < 1.29 is 0 Å². The second-order valence-corrected chi connectivity index (χ2v) is 5.22. The van der Waals surface area contributed by atoms with Crippen LogP contribution in [0.3, 0.4) is 0 Å². The smallest absolute Gasteiger partial charge is 0.0274 e. The summed E-state index contributed by atoms with van der Waals surface area (Å²) < 4.78 is 0. The van der Waals surface area contributed by atoms with Gasteiger partial charge in [0, 0.05) is 25.7 Å². The molecule has 0 radical (unpaired) electrons. The first-order valence-electron chi connectivity index (χ1n) is 6.46. The normalized spacial score (nSPS) is 36.4. The Morgan fingerprint density at radius 3 is 2.21 bits per heavy atom. The molecule has 2 saturated heterocycles. The molecule has 1 aliphatic carbocycles. The first kappa shape index (κ1) is 9.17. The second-order valence-electron chi connectivity index (χ2n) is 5.22. The number of piperidine rings is 1. The van der Waals surface area contributed by atoms with Crippen molar-refractivity contribution >= 4 is 0 Å². The number of hydrazine groups is 1. The molecule has 80 valence electrons. The molecule has 1 saturated carbocycles. The van der Waals surface area contributed by atoms with Gasteiger partial charge in [-0.2, -0.15) is 0 Å².